The number of hydrogen-bond acceptors (Lipinski definition) is 5. The van der Waals surface area contributed by atoms with Crippen LogP contribution in [0.2, 0.25) is 0 Å². The Balaban J connectivity index is 1.24. The van der Waals surface area contributed by atoms with E-state index in [2.05, 4.69) is 27.4 Å². The Labute approximate surface area is 224 Å². The molecular weight excluding hydrogens is 474 g/mol. The molecule has 0 fully saturated rings. The van der Waals surface area contributed by atoms with E-state index in [0.29, 0.717) is 31.7 Å². The van der Waals surface area contributed by atoms with Crippen LogP contribution in [0.15, 0.2) is 89.2 Å². The Morgan fingerprint density at radius 2 is 1.82 bits per heavy atom. The van der Waals surface area contributed by atoms with Gasteiger partial charge in [0.1, 0.15) is 0 Å². The topological polar surface area (TPSA) is 68.2 Å². The van der Waals surface area contributed by atoms with Gasteiger partial charge in [0.05, 0.1) is 19.4 Å². The number of carbonyl (C=O) groups is 2. The highest BCUT2D eigenvalue weighted by Gasteiger charge is 2.26. The van der Waals surface area contributed by atoms with Crippen LogP contribution < -0.4 is 10.2 Å². The fourth-order valence-corrected chi connectivity index (χ4v) is 5.11. The second kappa shape index (κ2) is 12.0. The molecule has 2 amide bonds. The molecular formula is C31H35N5O2. The van der Waals surface area contributed by atoms with Gasteiger partial charge in [-0.2, -0.15) is 0 Å². The van der Waals surface area contributed by atoms with Crippen molar-refractivity contribution in [2.45, 2.75) is 39.3 Å². The molecule has 38 heavy (non-hydrogen) atoms. The van der Waals surface area contributed by atoms with Crippen LogP contribution in [0.4, 0.5) is 5.69 Å². The molecule has 0 saturated heterocycles. The standard InChI is InChI=1S/C31H35N5O2/c1-2-27-15-16-28(33-23-32-27)9-7-17-34-21-26-8-3-4-10-29(26)36(30(37)22-34)20-24-11-13-25(14-12-24)31(38)35-18-5-6-19-35/h2-6,8-14,23H,7,15-22H2,1H3,(H,32,33)/b27-2+,28-9+. The van der Waals surface area contributed by atoms with Crippen LogP contribution in [0, 0.1) is 0 Å². The SMILES string of the molecule is C/C=C1\CC/C(=C\CCN2CC(=O)N(Cc3ccc(C(=O)N4CC=CC4)cc3)c3ccccc3C2)NC=N1. The lowest BCUT2D eigenvalue weighted by Crippen LogP contribution is -2.37. The van der Waals surface area contributed by atoms with E-state index >= 15 is 0 Å². The third-order valence-corrected chi connectivity index (χ3v) is 7.28. The molecule has 2 aromatic rings. The summed E-state index contributed by atoms with van der Waals surface area (Å²) in [4.78, 5) is 36.5. The maximum absolute atomic E-state index is 13.5. The minimum absolute atomic E-state index is 0.0388. The second-order valence-electron chi connectivity index (χ2n) is 9.90. The summed E-state index contributed by atoms with van der Waals surface area (Å²) in [5.74, 6) is 0.125. The Bertz CT molecular complexity index is 1280. The number of anilines is 1. The number of rotatable bonds is 6. The average molecular weight is 510 g/mol. The molecule has 3 aliphatic rings. The highest BCUT2D eigenvalue weighted by atomic mass is 16.2. The molecule has 5 rings (SSSR count). The van der Waals surface area contributed by atoms with Crippen molar-refractivity contribution in [2.75, 3.05) is 31.1 Å². The van der Waals surface area contributed by atoms with Gasteiger partial charge in [0.15, 0.2) is 0 Å². The fourth-order valence-electron chi connectivity index (χ4n) is 5.11. The van der Waals surface area contributed by atoms with Gasteiger partial charge in [0.2, 0.25) is 5.91 Å². The number of aliphatic imine (C=N–C) groups is 1. The molecule has 0 aliphatic carbocycles. The summed E-state index contributed by atoms with van der Waals surface area (Å²) < 4.78 is 0. The molecule has 2 aromatic carbocycles. The number of para-hydroxylation sites is 1. The highest BCUT2D eigenvalue weighted by molar-refractivity contribution is 5.96. The Kier molecular flexibility index (Phi) is 8.14. The Hall–Kier alpha value is -3.97. The van der Waals surface area contributed by atoms with E-state index in [0.717, 1.165) is 54.9 Å². The van der Waals surface area contributed by atoms with Gasteiger partial charge in [-0.1, -0.05) is 54.6 Å². The van der Waals surface area contributed by atoms with Gasteiger partial charge in [0, 0.05) is 48.8 Å². The lowest BCUT2D eigenvalue weighted by Gasteiger charge is -2.23. The fraction of sp³-hybridized carbons (Fsp3) is 0.323. The molecule has 3 heterocycles. The van der Waals surface area contributed by atoms with Crippen molar-refractivity contribution in [3.8, 4) is 0 Å². The molecule has 7 nitrogen and oxygen atoms in total. The maximum Gasteiger partial charge on any atom is 0.254 e. The van der Waals surface area contributed by atoms with E-state index in [1.165, 1.54) is 5.70 Å². The van der Waals surface area contributed by atoms with E-state index in [1.807, 2.05) is 77.4 Å². The minimum Gasteiger partial charge on any atom is -0.350 e. The Morgan fingerprint density at radius 3 is 2.61 bits per heavy atom. The van der Waals surface area contributed by atoms with E-state index in [1.54, 1.807) is 6.34 Å². The zero-order valence-electron chi connectivity index (χ0n) is 22.0. The van der Waals surface area contributed by atoms with E-state index in [-0.39, 0.29) is 11.8 Å². The lowest BCUT2D eigenvalue weighted by molar-refractivity contribution is -0.119. The van der Waals surface area contributed by atoms with Gasteiger partial charge in [0.25, 0.3) is 5.91 Å². The molecule has 0 atom stereocenters. The van der Waals surface area contributed by atoms with Crippen molar-refractivity contribution in [1.82, 2.24) is 15.1 Å². The summed E-state index contributed by atoms with van der Waals surface area (Å²) in [5, 5.41) is 3.29. The lowest BCUT2D eigenvalue weighted by atomic mass is 10.1. The molecule has 0 saturated carbocycles. The molecule has 3 aliphatic heterocycles. The van der Waals surface area contributed by atoms with Crippen LogP contribution in [-0.4, -0.2) is 54.1 Å². The first-order chi connectivity index (χ1) is 18.6. The first-order valence-corrected chi connectivity index (χ1v) is 13.4. The number of carbonyl (C=O) groups excluding carboxylic acids is 2. The maximum atomic E-state index is 13.5. The number of nitrogens with one attached hydrogen (secondary N) is 1. The van der Waals surface area contributed by atoms with Crippen LogP contribution in [0.3, 0.4) is 0 Å². The van der Waals surface area contributed by atoms with Crippen LogP contribution >= 0.6 is 0 Å². The molecule has 0 aromatic heterocycles. The summed E-state index contributed by atoms with van der Waals surface area (Å²) in [6.07, 6.45) is 12.8. The van der Waals surface area contributed by atoms with Crippen molar-refractivity contribution in [2.24, 2.45) is 4.99 Å². The van der Waals surface area contributed by atoms with Gasteiger partial charge < -0.3 is 15.1 Å². The van der Waals surface area contributed by atoms with Crippen LogP contribution in [0.5, 0.6) is 0 Å². The molecule has 0 radical (unpaired) electrons. The first kappa shape index (κ1) is 25.7. The molecule has 0 bridgehead atoms. The predicted molar refractivity (Wildman–Crippen MR) is 152 cm³/mol. The van der Waals surface area contributed by atoms with Crippen LogP contribution in [-0.2, 0) is 17.9 Å². The predicted octanol–water partition coefficient (Wildman–Crippen LogP) is 4.64. The van der Waals surface area contributed by atoms with Crippen molar-refractivity contribution >= 4 is 23.8 Å². The zero-order valence-corrected chi connectivity index (χ0v) is 22.0. The van der Waals surface area contributed by atoms with Crippen molar-refractivity contribution in [3.05, 3.63) is 101 Å². The monoisotopic (exact) mass is 509 g/mol. The molecule has 196 valence electrons. The third-order valence-electron chi connectivity index (χ3n) is 7.28. The normalized spacial score (nSPS) is 20.0. The molecule has 1 N–H and O–H groups in total. The van der Waals surface area contributed by atoms with Crippen molar-refractivity contribution in [1.29, 1.82) is 0 Å². The first-order valence-electron chi connectivity index (χ1n) is 13.4. The van der Waals surface area contributed by atoms with Crippen molar-refractivity contribution < 1.29 is 9.59 Å². The van der Waals surface area contributed by atoms with Crippen molar-refractivity contribution in [3.63, 3.8) is 0 Å². The largest absolute Gasteiger partial charge is 0.350 e. The van der Waals surface area contributed by atoms with Gasteiger partial charge >= 0.3 is 0 Å². The Morgan fingerprint density at radius 1 is 1.03 bits per heavy atom. The van der Waals surface area contributed by atoms with E-state index < -0.39 is 0 Å². The van der Waals surface area contributed by atoms with Crippen LogP contribution in [0.25, 0.3) is 0 Å². The summed E-state index contributed by atoms with van der Waals surface area (Å²) in [6.45, 7) is 5.72. The zero-order chi connectivity index (χ0) is 26.3. The molecule has 0 unspecified atom stereocenters. The van der Waals surface area contributed by atoms with E-state index in [9.17, 15) is 9.59 Å². The summed E-state index contributed by atoms with van der Waals surface area (Å²) >= 11 is 0. The molecule has 0 spiro atoms. The highest BCUT2D eigenvalue weighted by Crippen LogP contribution is 2.27. The summed E-state index contributed by atoms with van der Waals surface area (Å²) in [7, 11) is 0. The average Bonchev–Trinajstić information content (AvgIpc) is 3.33. The number of allylic oxidation sites excluding steroid dienone is 3. The third kappa shape index (κ3) is 6.11. The smallest absolute Gasteiger partial charge is 0.254 e. The number of hydrogen-bond donors (Lipinski definition) is 1. The number of amides is 2. The van der Waals surface area contributed by atoms with Gasteiger partial charge in [-0.25, -0.2) is 4.99 Å². The molecule has 7 heteroatoms. The number of nitrogens with zero attached hydrogens (tertiary/aromatic N) is 4. The summed E-state index contributed by atoms with van der Waals surface area (Å²) in [5.41, 5.74) is 6.07. The summed E-state index contributed by atoms with van der Waals surface area (Å²) in [6, 6.07) is 15.8. The number of fused-ring (bicyclic) bond motifs is 1. The van der Waals surface area contributed by atoms with Gasteiger partial charge in [-0.3, -0.25) is 14.5 Å². The quantitative estimate of drug-likeness (QED) is 0.577. The minimum atomic E-state index is 0.0388. The van der Waals surface area contributed by atoms with Gasteiger partial charge in [-0.15, -0.1) is 0 Å². The van der Waals surface area contributed by atoms with Gasteiger partial charge in [-0.05, 0) is 55.5 Å². The van der Waals surface area contributed by atoms with Crippen LogP contribution in [0.1, 0.15) is 47.7 Å². The number of benzene rings is 2. The second-order valence-corrected chi connectivity index (χ2v) is 9.90. The van der Waals surface area contributed by atoms with E-state index in [4.69, 9.17) is 0 Å².